The third-order valence-corrected chi connectivity index (χ3v) is 3.30. The Bertz CT molecular complexity index is 336. The van der Waals surface area contributed by atoms with Crippen LogP contribution < -0.4 is 0 Å². The molecule has 0 saturated carbocycles. The summed E-state index contributed by atoms with van der Waals surface area (Å²) >= 11 is 0. The van der Waals surface area contributed by atoms with Gasteiger partial charge < -0.3 is 14.9 Å². The summed E-state index contributed by atoms with van der Waals surface area (Å²) in [5.41, 5.74) is 0. The van der Waals surface area contributed by atoms with E-state index in [-0.39, 0.29) is 13.2 Å². The molecule has 0 rings (SSSR count). The van der Waals surface area contributed by atoms with E-state index in [1.165, 1.54) is 38.4 Å². The summed E-state index contributed by atoms with van der Waals surface area (Å²) in [7, 11) is 0. The van der Waals surface area contributed by atoms with Crippen LogP contribution in [-0.4, -0.2) is 29.5 Å². The number of ether oxygens (including phenoxy) is 1. The average Bonchev–Trinajstić information content (AvgIpc) is 2.51. The van der Waals surface area contributed by atoms with E-state index >= 15 is 0 Å². The Labute approximate surface area is 129 Å². The number of hydrogen-bond donors (Lipinski definition) is 2. The molecule has 0 aromatic carbocycles. The van der Waals surface area contributed by atoms with Crippen LogP contribution in [0.25, 0.3) is 0 Å². The van der Waals surface area contributed by atoms with E-state index in [9.17, 15) is 0 Å². The SMILES string of the molecule is CCC(C)CCCCC/C=C\C#C/C=C\OCC(O)CO. The zero-order chi connectivity index (χ0) is 15.8. The van der Waals surface area contributed by atoms with Crippen molar-refractivity contribution in [2.75, 3.05) is 13.2 Å². The fourth-order valence-electron chi connectivity index (χ4n) is 1.68. The highest BCUT2D eigenvalue weighted by atomic mass is 16.5. The van der Waals surface area contributed by atoms with Crippen LogP contribution in [0.2, 0.25) is 0 Å². The minimum Gasteiger partial charge on any atom is -0.498 e. The summed E-state index contributed by atoms with van der Waals surface area (Å²) in [5.74, 6) is 6.57. The molecule has 3 heteroatoms. The number of unbranched alkanes of at least 4 members (excludes halogenated alkanes) is 3. The molecule has 0 radical (unpaired) electrons. The lowest BCUT2D eigenvalue weighted by atomic mass is 10.0. The van der Waals surface area contributed by atoms with Gasteiger partial charge >= 0.3 is 0 Å². The maximum atomic E-state index is 9.01. The number of allylic oxidation sites excluding steroid dienone is 3. The van der Waals surface area contributed by atoms with Crippen molar-refractivity contribution >= 4 is 0 Å². The summed E-state index contributed by atoms with van der Waals surface area (Å²) < 4.78 is 4.97. The van der Waals surface area contributed by atoms with Crippen LogP contribution in [-0.2, 0) is 4.74 Å². The molecular formula is C18H30O3. The van der Waals surface area contributed by atoms with Gasteiger partial charge in [0.05, 0.1) is 12.9 Å². The van der Waals surface area contributed by atoms with Gasteiger partial charge in [0.1, 0.15) is 12.7 Å². The molecule has 0 heterocycles. The van der Waals surface area contributed by atoms with Crippen molar-refractivity contribution < 1.29 is 14.9 Å². The van der Waals surface area contributed by atoms with E-state index in [0.29, 0.717) is 0 Å². The standard InChI is InChI=1S/C18H30O3/c1-3-17(2)13-11-9-7-5-4-6-8-10-12-14-21-16-18(20)15-19/h4,6,12,14,17-20H,3,5,7,9,11,13,15-16H2,1-2H3/b6-4-,14-12-. The Morgan fingerprint density at radius 2 is 1.90 bits per heavy atom. The van der Waals surface area contributed by atoms with Crippen LogP contribution in [0.5, 0.6) is 0 Å². The van der Waals surface area contributed by atoms with E-state index < -0.39 is 6.10 Å². The highest BCUT2D eigenvalue weighted by Crippen LogP contribution is 2.12. The summed E-state index contributed by atoms with van der Waals surface area (Å²) in [5, 5.41) is 17.6. The fraction of sp³-hybridized carbons (Fsp3) is 0.667. The topological polar surface area (TPSA) is 49.7 Å². The molecule has 0 fully saturated rings. The predicted molar refractivity (Wildman–Crippen MR) is 87.6 cm³/mol. The third kappa shape index (κ3) is 15.0. The first-order chi connectivity index (χ1) is 10.2. The second kappa shape index (κ2) is 15.2. The number of aliphatic hydroxyl groups excluding tert-OH is 2. The monoisotopic (exact) mass is 294 g/mol. The average molecular weight is 294 g/mol. The third-order valence-electron chi connectivity index (χ3n) is 3.30. The van der Waals surface area contributed by atoms with Crippen molar-refractivity contribution in [3.63, 3.8) is 0 Å². The van der Waals surface area contributed by atoms with E-state index in [4.69, 9.17) is 14.9 Å². The maximum Gasteiger partial charge on any atom is 0.115 e. The van der Waals surface area contributed by atoms with Gasteiger partial charge in [0.15, 0.2) is 0 Å². The van der Waals surface area contributed by atoms with Crippen LogP contribution in [0.4, 0.5) is 0 Å². The highest BCUT2D eigenvalue weighted by Gasteiger charge is 1.98. The van der Waals surface area contributed by atoms with Gasteiger partial charge in [0, 0.05) is 6.08 Å². The summed E-state index contributed by atoms with van der Waals surface area (Å²) in [6.45, 7) is 4.36. The molecular weight excluding hydrogens is 264 g/mol. The molecule has 2 N–H and O–H groups in total. The van der Waals surface area contributed by atoms with E-state index in [1.807, 2.05) is 6.08 Å². The lowest BCUT2D eigenvalue weighted by Gasteiger charge is -2.06. The van der Waals surface area contributed by atoms with Crippen molar-refractivity contribution in [3.05, 3.63) is 24.5 Å². The predicted octanol–water partition coefficient (Wildman–Crippen LogP) is 3.43. The smallest absolute Gasteiger partial charge is 0.115 e. The molecule has 3 nitrogen and oxygen atoms in total. The molecule has 21 heavy (non-hydrogen) atoms. The number of rotatable bonds is 11. The van der Waals surface area contributed by atoms with Gasteiger partial charge in [0.25, 0.3) is 0 Å². The fourth-order valence-corrected chi connectivity index (χ4v) is 1.68. The largest absolute Gasteiger partial charge is 0.498 e. The number of hydrogen-bond acceptors (Lipinski definition) is 3. The van der Waals surface area contributed by atoms with Crippen LogP contribution >= 0.6 is 0 Å². The normalized spacial score (nSPS) is 14.1. The maximum absolute atomic E-state index is 9.01. The Morgan fingerprint density at radius 3 is 2.62 bits per heavy atom. The molecule has 0 spiro atoms. The molecule has 2 unspecified atom stereocenters. The minimum atomic E-state index is -0.831. The Morgan fingerprint density at radius 1 is 1.14 bits per heavy atom. The van der Waals surface area contributed by atoms with Crippen LogP contribution in [0.15, 0.2) is 24.5 Å². The van der Waals surface area contributed by atoms with Gasteiger partial charge in [-0.15, -0.1) is 0 Å². The van der Waals surface area contributed by atoms with Gasteiger partial charge in [-0.3, -0.25) is 0 Å². The van der Waals surface area contributed by atoms with Crippen molar-refractivity contribution in [3.8, 4) is 11.8 Å². The van der Waals surface area contributed by atoms with Crippen LogP contribution in [0, 0.1) is 17.8 Å². The quantitative estimate of drug-likeness (QED) is 0.349. The molecule has 2 atom stereocenters. The zero-order valence-electron chi connectivity index (χ0n) is 13.4. The zero-order valence-corrected chi connectivity index (χ0v) is 13.4. The van der Waals surface area contributed by atoms with E-state index in [1.54, 1.807) is 6.08 Å². The summed E-state index contributed by atoms with van der Waals surface area (Å²) in [4.78, 5) is 0. The van der Waals surface area contributed by atoms with Crippen LogP contribution in [0.1, 0.15) is 52.4 Å². The molecule has 0 amide bonds. The van der Waals surface area contributed by atoms with Gasteiger partial charge in [-0.05, 0) is 24.8 Å². The Kier molecular flexibility index (Phi) is 14.3. The van der Waals surface area contributed by atoms with Gasteiger partial charge in [-0.2, -0.15) is 0 Å². The second-order valence-corrected chi connectivity index (χ2v) is 5.31. The number of aliphatic hydroxyl groups is 2. The van der Waals surface area contributed by atoms with Crippen molar-refractivity contribution in [2.45, 2.75) is 58.5 Å². The molecule has 0 aliphatic rings. The van der Waals surface area contributed by atoms with Crippen molar-refractivity contribution in [1.29, 1.82) is 0 Å². The molecule has 0 aliphatic carbocycles. The highest BCUT2D eigenvalue weighted by molar-refractivity contribution is 5.22. The van der Waals surface area contributed by atoms with Gasteiger partial charge in [-0.1, -0.05) is 57.4 Å². The van der Waals surface area contributed by atoms with Crippen molar-refractivity contribution in [1.82, 2.24) is 0 Å². The molecule has 0 saturated heterocycles. The first-order valence-corrected chi connectivity index (χ1v) is 7.92. The summed E-state index contributed by atoms with van der Waals surface area (Å²) in [6.07, 6.45) is 13.7. The van der Waals surface area contributed by atoms with E-state index in [2.05, 4.69) is 31.8 Å². The van der Waals surface area contributed by atoms with Crippen molar-refractivity contribution in [2.24, 2.45) is 5.92 Å². The van der Waals surface area contributed by atoms with Crippen LogP contribution in [0.3, 0.4) is 0 Å². The first kappa shape index (κ1) is 19.8. The molecule has 0 aliphatic heterocycles. The Hall–Kier alpha value is -1.24. The lowest BCUT2D eigenvalue weighted by Crippen LogP contribution is -2.17. The molecule has 0 bridgehead atoms. The molecule has 0 aromatic rings. The lowest BCUT2D eigenvalue weighted by molar-refractivity contribution is 0.0385. The minimum absolute atomic E-state index is 0.0845. The first-order valence-electron chi connectivity index (χ1n) is 7.92. The van der Waals surface area contributed by atoms with Gasteiger partial charge in [-0.25, -0.2) is 0 Å². The molecule has 120 valence electrons. The van der Waals surface area contributed by atoms with E-state index in [0.717, 1.165) is 12.3 Å². The summed E-state index contributed by atoms with van der Waals surface area (Å²) in [6, 6.07) is 0. The Balaban J connectivity index is 3.47. The molecule has 0 aromatic heterocycles. The second-order valence-electron chi connectivity index (χ2n) is 5.31. The van der Waals surface area contributed by atoms with Gasteiger partial charge in [0.2, 0.25) is 0 Å².